The second-order valence-corrected chi connectivity index (χ2v) is 8.82. The lowest BCUT2D eigenvalue weighted by Gasteiger charge is -2.40. The minimum absolute atomic E-state index is 0.154. The van der Waals surface area contributed by atoms with Crippen LogP contribution in [0.25, 0.3) is 0 Å². The first-order chi connectivity index (χ1) is 15.8. The van der Waals surface area contributed by atoms with Crippen LogP contribution in [-0.4, -0.2) is 55.8 Å². The maximum atomic E-state index is 13.1. The predicted octanol–water partition coefficient (Wildman–Crippen LogP) is 2.86. The molecule has 0 atom stereocenters. The van der Waals surface area contributed by atoms with Crippen molar-refractivity contribution in [1.29, 1.82) is 0 Å². The highest BCUT2D eigenvalue weighted by molar-refractivity contribution is 6.22. The number of hydrogen-bond donors (Lipinski definition) is 0. The molecule has 2 aromatic rings. The summed E-state index contributed by atoms with van der Waals surface area (Å²) in [5.41, 5.74) is 1.21. The zero-order valence-electron chi connectivity index (χ0n) is 18.7. The molecule has 5 rings (SSSR count). The van der Waals surface area contributed by atoms with E-state index in [1.165, 1.54) is 4.90 Å². The standard InChI is InChI=1S/C25H25N3O5/c1-26-19-10-9-16(15-20(19)27(2)24(32)25(23(26)31)11-5-12-25)33-14-6-13-28-21(29)17-7-3-4-8-18(17)22(28)30/h3-4,7-10,15H,5-6,11-14H2,1-2H3. The van der Waals surface area contributed by atoms with Gasteiger partial charge in [0, 0.05) is 26.7 Å². The summed E-state index contributed by atoms with van der Waals surface area (Å²) in [4.78, 5) is 55.4. The Labute approximate surface area is 191 Å². The number of amides is 4. The summed E-state index contributed by atoms with van der Waals surface area (Å²) in [6, 6.07) is 12.1. The molecule has 1 spiro atoms. The summed E-state index contributed by atoms with van der Waals surface area (Å²) in [5.74, 6) is -0.330. The number of imide groups is 1. The van der Waals surface area contributed by atoms with E-state index in [1.54, 1.807) is 66.4 Å². The first-order valence-electron chi connectivity index (χ1n) is 11.1. The maximum Gasteiger partial charge on any atom is 0.261 e. The van der Waals surface area contributed by atoms with Crippen molar-refractivity contribution in [2.75, 3.05) is 37.0 Å². The van der Waals surface area contributed by atoms with Crippen LogP contribution >= 0.6 is 0 Å². The van der Waals surface area contributed by atoms with Crippen LogP contribution in [0.2, 0.25) is 0 Å². The monoisotopic (exact) mass is 447 g/mol. The van der Waals surface area contributed by atoms with E-state index in [2.05, 4.69) is 0 Å². The molecule has 0 aromatic heterocycles. The smallest absolute Gasteiger partial charge is 0.261 e. The van der Waals surface area contributed by atoms with Crippen LogP contribution in [-0.2, 0) is 9.59 Å². The Morgan fingerprint density at radius 2 is 1.45 bits per heavy atom. The number of ether oxygens (including phenoxy) is 1. The van der Waals surface area contributed by atoms with E-state index in [0.29, 0.717) is 54.1 Å². The molecule has 2 aliphatic heterocycles. The Morgan fingerprint density at radius 1 is 0.848 bits per heavy atom. The quantitative estimate of drug-likeness (QED) is 0.400. The second kappa shape index (κ2) is 7.72. The number of anilines is 2. The van der Waals surface area contributed by atoms with Gasteiger partial charge in [0.15, 0.2) is 0 Å². The Bertz CT molecular complexity index is 1150. The number of carbonyl (C=O) groups excluding carboxylic acids is 4. The molecular formula is C25H25N3O5. The van der Waals surface area contributed by atoms with Crippen molar-refractivity contribution in [2.45, 2.75) is 25.7 Å². The lowest BCUT2D eigenvalue weighted by atomic mass is 9.67. The summed E-state index contributed by atoms with van der Waals surface area (Å²) in [7, 11) is 3.40. The van der Waals surface area contributed by atoms with Gasteiger partial charge in [-0.1, -0.05) is 18.6 Å². The molecule has 0 N–H and O–H groups in total. The molecular weight excluding hydrogens is 422 g/mol. The molecule has 170 valence electrons. The zero-order chi connectivity index (χ0) is 23.3. The third-order valence-corrected chi connectivity index (χ3v) is 6.98. The van der Waals surface area contributed by atoms with Crippen molar-refractivity contribution in [2.24, 2.45) is 5.41 Å². The van der Waals surface area contributed by atoms with E-state index in [9.17, 15) is 19.2 Å². The lowest BCUT2D eigenvalue weighted by molar-refractivity contribution is -0.145. The molecule has 2 aromatic carbocycles. The van der Waals surface area contributed by atoms with Crippen LogP contribution in [0.1, 0.15) is 46.4 Å². The van der Waals surface area contributed by atoms with Gasteiger partial charge in [-0.15, -0.1) is 0 Å². The van der Waals surface area contributed by atoms with Crippen LogP contribution in [0.3, 0.4) is 0 Å². The van der Waals surface area contributed by atoms with Gasteiger partial charge in [-0.3, -0.25) is 24.1 Å². The van der Waals surface area contributed by atoms with Crippen LogP contribution < -0.4 is 14.5 Å². The zero-order valence-corrected chi connectivity index (χ0v) is 18.7. The van der Waals surface area contributed by atoms with Crippen molar-refractivity contribution in [1.82, 2.24) is 4.90 Å². The fourth-order valence-electron chi connectivity index (χ4n) is 4.91. The number of carbonyl (C=O) groups is 4. The van der Waals surface area contributed by atoms with Gasteiger partial charge < -0.3 is 14.5 Å². The molecule has 0 bridgehead atoms. The topological polar surface area (TPSA) is 87.2 Å². The highest BCUT2D eigenvalue weighted by atomic mass is 16.5. The number of rotatable bonds is 5. The number of benzene rings is 2. The molecule has 0 radical (unpaired) electrons. The third kappa shape index (κ3) is 3.12. The summed E-state index contributed by atoms with van der Waals surface area (Å²) >= 11 is 0. The van der Waals surface area contributed by atoms with Crippen LogP contribution in [0.15, 0.2) is 42.5 Å². The Morgan fingerprint density at radius 3 is 2.03 bits per heavy atom. The number of hydrogen-bond acceptors (Lipinski definition) is 5. The lowest BCUT2D eigenvalue weighted by Crippen LogP contribution is -2.54. The molecule has 2 heterocycles. The average molecular weight is 447 g/mol. The summed E-state index contributed by atoms with van der Waals surface area (Å²) in [6.07, 6.45) is 2.50. The fourth-order valence-corrected chi connectivity index (χ4v) is 4.91. The minimum Gasteiger partial charge on any atom is -0.493 e. The summed E-state index contributed by atoms with van der Waals surface area (Å²) < 4.78 is 5.87. The van der Waals surface area contributed by atoms with E-state index < -0.39 is 5.41 Å². The first kappa shape index (κ1) is 21.2. The van der Waals surface area contributed by atoms with Crippen molar-refractivity contribution in [3.05, 3.63) is 53.6 Å². The molecule has 8 heteroatoms. The number of nitrogens with zero attached hydrogens (tertiary/aromatic N) is 3. The van der Waals surface area contributed by atoms with Gasteiger partial charge in [-0.25, -0.2) is 0 Å². The third-order valence-electron chi connectivity index (χ3n) is 6.98. The molecule has 1 saturated carbocycles. The normalized spacial score (nSPS) is 18.9. The van der Waals surface area contributed by atoms with Crippen molar-refractivity contribution < 1.29 is 23.9 Å². The van der Waals surface area contributed by atoms with Gasteiger partial charge in [0.2, 0.25) is 11.8 Å². The van der Waals surface area contributed by atoms with E-state index in [0.717, 1.165) is 6.42 Å². The molecule has 1 aliphatic carbocycles. The molecule has 1 fully saturated rings. The summed E-state index contributed by atoms with van der Waals surface area (Å²) in [6.45, 7) is 0.554. The molecule has 3 aliphatic rings. The van der Waals surface area contributed by atoms with Crippen LogP contribution in [0.4, 0.5) is 11.4 Å². The molecule has 8 nitrogen and oxygen atoms in total. The molecule has 4 amide bonds. The van der Waals surface area contributed by atoms with Gasteiger partial charge in [-0.05, 0) is 43.5 Å². The highest BCUT2D eigenvalue weighted by Gasteiger charge is 2.55. The number of fused-ring (bicyclic) bond motifs is 2. The van der Waals surface area contributed by atoms with Gasteiger partial charge >= 0.3 is 0 Å². The first-order valence-corrected chi connectivity index (χ1v) is 11.1. The van der Waals surface area contributed by atoms with Crippen molar-refractivity contribution >= 4 is 35.0 Å². The molecule has 0 saturated heterocycles. The Balaban J connectivity index is 1.26. The van der Waals surface area contributed by atoms with Crippen LogP contribution in [0.5, 0.6) is 5.75 Å². The van der Waals surface area contributed by atoms with E-state index >= 15 is 0 Å². The van der Waals surface area contributed by atoms with Crippen molar-refractivity contribution in [3.8, 4) is 5.75 Å². The van der Waals surface area contributed by atoms with Crippen LogP contribution in [0, 0.1) is 5.41 Å². The fraction of sp³-hybridized carbons (Fsp3) is 0.360. The van der Waals surface area contributed by atoms with E-state index in [4.69, 9.17) is 4.74 Å². The Hall–Kier alpha value is -3.68. The van der Waals surface area contributed by atoms with E-state index in [-0.39, 0.29) is 30.2 Å². The van der Waals surface area contributed by atoms with Gasteiger partial charge in [0.05, 0.1) is 29.1 Å². The molecule has 33 heavy (non-hydrogen) atoms. The highest BCUT2D eigenvalue weighted by Crippen LogP contribution is 2.49. The predicted molar refractivity (Wildman–Crippen MR) is 121 cm³/mol. The van der Waals surface area contributed by atoms with E-state index in [1.807, 2.05) is 0 Å². The van der Waals surface area contributed by atoms with Gasteiger partial charge in [0.25, 0.3) is 11.8 Å². The van der Waals surface area contributed by atoms with Gasteiger partial charge in [-0.2, -0.15) is 0 Å². The average Bonchev–Trinajstić information content (AvgIpc) is 3.01. The molecule has 0 unspecified atom stereocenters. The van der Waals surface area contributed by atoms with Crippen molar-refractivity contribution in [3.63, 3.8) is 0 Å². The minimum atomic E-state index is -0.948. The SMILES string of the molecule is CN1C(=O)C2(CCC2)C(=O)N(C)c2cc(OCCCN3C(=O)c4ccccc4C3=O)ccc21. The maximum absolute atomic E-state index is 13.1. The second-order valence-electron chi connectivity index (χ2n) is 8.82. The van der Waals surface area contributed by atoms with Gasteiger partial charge in [0.1, 0.15) is 11.2 Å². The Kier molecular flexibility index (Phi) is 4.96. The summed E-state index contributed by atoms with van der Waals surface area (Å²) in [5, 5.41) is 0. The largest absolute Gasteiger partial charge is 0.493 e.